The van der Waals surface area contributed by atoms with Gasteiger partial charge in [0, 0.05) is 17.1 Å². The first kappa shape index (κ1) is 21.8. The molecule has 2 aromatic carbocycles. The van der Waals surface area contributed by atoms with Crippen LogP contribution in [0, 0.1) is 0 Å². The predicted octanol–water partition coefficient (Wildman–Crippen LogP) is 1.35. The van der Waals surface area contributed by atoms with Crippen LogP contribution in [0.3, 0.4) is 0 Å². The largest absolute Gasteiger partial charge is 0.507 e. The van der Waals surface area contributed by atoms with Gasteiger partial charge in [-0.05, 0) is 24.3 Å². The van der Waals surface area contributed by atoms with E-state index in [1.54, 1.807) is 24.3 Å². The van der Waals surface area contributed by atoms with E-state index in [1.807, 2.05) is 0 Å². The van der Waals surface area contributed by atoms with Gasteiger partial charge in [-0.2, -0.15) is 0 Å². The van der Waals surface area contributed by atoms with Crippen LogP contribution in [-0.4, -0.2) is 37.8 Å². The maximum Gasteiger partial charge on any atom is 0.339 e. The molecule has 7 nitrogen and oxygen atoms in total. The fraction of sp³-hybridized carbons (Fsp3) is 0. The number of phenols is 2. The minimum absolute atomic E-state index is 0. The van der Waals surface area contributed by atoms with Crippen molar-refractivity contribution in [1.29, 1.82) is 0 Å². The van der Waals surface area contributed by atoms with E-state index in [1.165, 1.54) is 24.3 Å². The maximum atomic E-state index is 10.3. The summed E-state index contributed by atoms with van der Waals surface area (Å²) in [5, 5.41) is 34.6. The minimum Gasteiger partial charge on any atom is -0.507 e. The molecule has 0 spiro atoms. The molecule has 123 valence electrons. The molecule has 0 atom stereocenters. The first-order chi connectivity index (χ1) is 9.43. The van der Waals surface area contributed by atoms with E-state index in [-0.39, 0.29) is 45.2 Å². The van der Waals surface area contributed by atoms with E-state index in [0.29, 0.717) is 0 Å². The summed E-state index contributed by atoms with van der Waals surface area (Å²) < 4.78 is 0. The molecule has 2 aromatic rings. The number of para-hydroxylation sites is 2. The van der Waals surface area contributed by atoms with Crippen molar-refractivity contribution in [3.8, 4) is 11.5 Å². The summed E-state index contributed by atoms with van der Waals surface area (Å²) in [7, 11) is 0. The van der Waals surface area contributed by atoms with Crippen molar-refractivity contribution in [2.24, 2.45) is 0 Å². The number of hydrogen-bond donors (Lipinski definition) is 4. The van der Waals surface area contributed by atoms with Crippen molar-refractivity contribution in [2.75, 3.05) is 0 Å². The molecule has 0 amide bonds. The third-order valence-electron chi connectivity index (χ3n) is 2.27. The van der Waals surface area contributed by atoms with E-state index in [9.17, 15) is 9.59 Å². The average molecular weight is 358 g/mol. The Morgan fingerprint density at radius 1 is 0.682 bits per heavy atom. The van der Waals surface area contributed by atoms with Crippen LogP contribution in [0.2, 0.25) is 0 Å². The van der Waals surface area contributed by atoms with Crippen LogP contribution in [0.4, 0.5) is 0 Å². The third-order valence-corrected chi connectivity index (χ3v) is 2.27. The molecule has 0 aliphatic heterocycles. The Morgan fingerprint density at radius 3 is 1.14 bits per heavy atom. The smallest absolute Gasteiger partial charge is 0.339 e. The van der Waals surface area contributed by atoms with Crippen LogP contribution in [0.1, 0.15) is 20.7 Å². The van der Waals surface area contributed by atoms with Gasteiger partial charge >= 0.3 is 11.9 Å². The van der Waals surface area contributed by atoms with E-state index in [2.05, 4.69) is 0 Å². The molecule has 0 saturated carbocycles. The molecular weight excluding hydrogens is 344 g/mol. The van der Waals surface area contributed by atoms with Crippen LogP contribution >= 0.6 is 0 Å². The molecule has 8 heteroatoms. The summed E-state index contributed by atoms with van der Waals surface area (Å²) in [6.45, 7) is 0. The quantitative estimate of drug-likeness (QED) is 0.596. The van der Waals surface area contributed by atoms with Gasteiger partial charge in [0.2, 0.25) is 0 Å². The van der Waals surface area contributed by atoms with Gasteiger partial charge < -0.3 is 25.9 Å². The van der Waals surface area contributed by atoms with Crippen molar-refractivity contribution in [3.63, 3.8) is 0 Å². The molecule has 6 N–H and O–H groups in total. The molecular formula is C14H14CuO7. The molecule has 1 radical (unpaired) electrons. The Morgan fingerprint density at radius 2 is 0.955 bits per heavy atom. The molecule has 0 aliphatic rings. The molecule has 0 aromatic heterocycles. The summed E-state index contributed by atoms with van der Waals surface area (Å²) in [6, 6.07) is 11.6. The molecule has 0 unspecified atom stereocenters. The van der Waals surface area contributed by atoms with Gasteiger partial charge in [-0.3, -0.25) is 0 Å². The predicted molar refractivity (Wildman–Crippen MR) is 73.7 cm³/mol. The van der Waals surface area contributed by atoms with Gasteiger partial charge in [-0.1, -0.05) is 24.3 Å². The number of rotatable bonds is 2. The summed E-state index contributed by atoms with van der Waals surface area (Å²) >= 11 is 0. The van der Waals surface area contributed by atoms with Gasteiger partial charge in [0.15, 0.2) is 0 Å². The fourth-order valence-corrected chi connectivity index (χ4v) is 1.31. The summed E-state index contributed by atoms with van der Waals surface area (Å²) in [5.41, 5.74) is -0.134. The minimum atomic E-state index is -1.11. The first-order valence-corrected chi connectivity index (χ1v) is 5.46. The standard InChI is InChI=1S/2C7H6O3.Cu.H2O/c2*8-6-4-2-1-3-5(6)7(9)10;;/h2*1-4,8H,(H,9,10);;1H2. The molecule has 22 heavy (non-hydrogen) atoms. The average Bonchev–Trinajstić information content (AvgIpc) is 2.40. The summed E-state index contributed by atoms with van der Waals surface area (Å²) in [6.07, 6.45) is 0. The zero-order valence-corrected chi connectivity index (χ0v) is 12.0. The number of aromatic carboxylic acids is 2. The molecule has 0 heterocycles. The van der Waals surface area contributed by atoms with E-state index < -0.39 is 11.9 Å². The van der Waals surface area contributed by atoms with Gasteiger partial charge in [0.25, 0.3) is 0 Å². The molecule has 0 bridgehead atoms. The fourth-order valence-electron chi connectivity index (χ4n) is 1.31. The van der Waals surface area contributed by atoms with Crippen LogP contribution in [0.25, 0.3) is 0 Å². The van der Waals surface area contributed by atoms with Gasteiger partial charge in [-0.15, -0.1) is 0 Å². The third kappa shape index (κ3) is 6.27. The van der Waals surface area contributed by atoms with Crippen molar-refractivity contribution in [3.05, 3.63) is 59.7 Å². The van der Waals surface area contributed by atoms with Crippen LogP contribution < -0.4 is 0 Å². The second kappa shape index (κ2) is 10.2. The Kier molecular flexibility index (Phi) is 10.1. The Balaban J connectivity index is 0. The SMILES string of the molecule is O.O=C(O)c1ccccc1O.O=C(O)c1ccccc1O.[Cu]. The Hall–Kier alpha value is -2.54. The molecule has 0 saturated heterocycles. The summed E-state index contributed by atoms with van der Waals surface area (Å²) in [5.74, 6) is -2.62. The van der Waals surface area contributed by atoms with Crippen LogP contribution in [0.5, 0.6) is 11.5 Å². The van der Waals surface area contributed by atoms with Crippen molar-refractivity contribution < 1.29 is 52.6 Å². The van der Waals surface area contributed by atoms with E-state index in [0.717, 1.165) is 0 Å². The van der Waals surface area contributed by atoms with Gasteiger partial charge in [0.1, 0.15) is 22.6 Å². The normalized spacial score (nSPS) is 8.36. The van der Waals surface area contributed by atoms with Crippen molar-refractivity contribution in [2.45, 2.75) is 0 Å². The maximum absolute atomic E-state index is 10.3. The van der Waals surface area contributed by atoms with Crippen molar-refractivity contribution >= 4 is 11.9 Å². The second-order valence-electron chi connectivity index (χ2n) is 3.64. The first-order valence-electron chi connectivity index (χ1n) is 5.46. The Labute approximate surface area is 136 Å². The second-order valence-corrected chi connectivity index (χ2v) is 3.64. The number of carboxylic acid groups (broad SMARTS) is 2. The number of aromatic hydroxyl groups is 2. The number of carboxylic acids is 2. The van der Waals surface area contributed by atoms with Crippen LogP contribution in [-0.2, 0) is 17.1 Å². The molecule has 2 rings (SSSR count). The van der Waals surface area contributed by atoms with Crippen LogP contribution in [0.15, 0.2) is 48.5 Å². The van der Waals surface area contributed by atoms with E-state index in [4.69, 9.17) is 20.4 Å². The van der Waals surface area contributed by atoms with Gasteiger partial charge in [-0.25, -0.2) is 9.59 Å². The van der Waals surface area contributed by atoms with E-state index >= 15 is 0 Å². The number of carbonyl (C=O) groups is 2. The topological polar surface area (TPSA) is 147 Å². The van der Waals surface area contributed by atoms with Crippen molar-refractivity contribution in [1.82, 2.24) is 0 Å². The molecule has 0 aliphatic carbocycles. The summed E-state index contributed by atoms with van der Waals surface area (Å²) in [4.78, 5) is 20.5. The Bertz CT molecular complexity index is 573. The monoisotopic (exact) mass is 357 g/mol. The van der Waals surface area contributed by atoms with Gasteiger partial charge in [0.05, 0.1) is 0 Å². The zero-order valence-electron chi connectivity index (χ0n) is 11.0. The zero-order chi connectivity index (χ0) is 15.1. The molecule has 0 fully saturated rings. The number of hydrogen-bond acceptors (Lipinski definition) is 4. The number of benzene rings is 2.